The van der Waals surface area contributed by atoms with Gasteiger partial charge in [-0.05, 0) is 83.9 Å². The number of fused-ring (bicyclic) bond motifs is 1. The predicted molar refractivity (Wildman–Crippen MR) is 155 cm³/mol. The molecule has 42 heavy (non-hydrogen) atoms. The molecule has 0 aliphatic carbocycles. The molecule has 1 amide bonds. The number of carbonyl (C=O) groups is 4. The van der Waals surface area contributed by atoms with Crippen LogP contribution in [0.25, 0.3) is 0 Å². The maximum absolute atomic E-state index is 13.9. The smallest absolute Gasteiger partial charge is 0.333 e. The van der Waals surface area contributed by atoms with Crippen molar-refractivity contribution < 1.29 is 33.4 Å². The Labute approximate surface area is 246 Å². The van der Waals surface area contributed by atoms with E-state index in [1.807, 2.05) is 17.1 Å². The number of aryl methyl sites for hydroxylation is 1. The van der Waals surface area contributed by atoms with Crippen molar-refractivity contribution >= 4 is 35.5 Å². The second kappa shape index (κ2) is 15.0. The lowest BCUT2D eigenvalue weighted by molar-refractivity contribution is -0.188. The zero-order valence-corrected chi connectivity index (χ0v) is 24.9. The average molecular weight is 589 g/mol. The molecule has 2 heterocycles. The quantitative estimate of drug-likeness (QED) is 0.129. The highest BCUT2D eigenvalue weighted by atomic mass is 16.7. The lowest BCUT2D eigenvalue weighted by Gasteiger charge is -2.42. The molecule has 13 heteroatoms. The molecule has 0 aromatic heterocycles. The van der Waals surface area contributed by atoms with Gasteiger partial charge in [-0.3, -0.25) is 30.1 Å². The van der Waals surface area contributed by atoms with E-state index in [4.69, 9.17) is 25.4 Å². The summed E-state index contributed by atoms with van der Waals surface area (Å²) in [6.07, 6.45) is 3.21. The van der Waals surface area contributed by atoms with Crippen molar-refractivity contribution in [3.05, 3.63) is 29.8 Å². The van der Waals surface area contributed by atoms with Crippen molar-refractivity contribution in [3.63, 3.8) is 0 Å². The van der Waals surface area contributed by atoms with Crippen molar-refractivity contribution in [1.82, 2.24) is 15.3 Å². The Morgan fingerprint density at radius 3 is 2.36 bits per heavy atom. The Morgan fingerprint density at radius 1 is 1.07 bits per heavy atom. The minimum Gasteiger partial charge on any atom is -0.465 e. The molecule has 0 spiro atoms. The van der Waals surface area contributed by atoms with E-state index in [1.54, 1.807) is 39.8 Å². The van der Waals surface area contributed by atoms with Gasteiger partial charge < -0.3 is 25.3 Å². The summed E-state index contributed by atoms with van der Waals surface area (Å²) in [4.78, 5) is 51.9. The highest BCUT2D eigenvalue weighted by Gasteiger charge is 2.43. The van der Waals surface area contributed by atoms with Crippen LogP contribution in [0.5, 0.6) is 0 Å². The number of ether oxygens (including phenoxy) is 3. The number of hydrogen-bond donors (Lipinski definition) is 4. The molecule has 0 saturated carbocycles. The molecule has 232 valence electrons. The van der Waals surface area contributed by atoms with E-state index in [-0.39, 0.29) is 18.5 Å². The third-order valence-electron chi connectivity index (χ3n) is 7.13. The monoisotopic (exact) mass is 588 g/mol. The Hall–Kier alpha value is -3.71. The summed E-state index contributed by atoms with van der Waals surface area (Å²) in [5, 5.41) is 16.6. The number of guanidine groups is 1. The van der Waals surface area contributed by atoms with Crippen molar-refractivity contribution in [3.8, 4) is 0 Å². The Morgan fingerprint density at radius 2 is 1.74 bits per heavy atom. The zero-order chi connectivity index (χ0) is 30.9. The zero-order valence-electron chi connectivity index (χ0n) is 24.9. The van der Waals surface area contributed by atoms with Gasteiger partial charge in [-0.1, -0.05) is 12.1 Å². The molecule has 13 nitrogen and oxygen atoms in total. The van der Waals surface area contributed by atoms with E-state index < -0.39 is 48.2 Å². The first-order chi connectivity index (χ1) is 19.9. The molecular formula is C29H44N6O7. The van der Waals surface area contributed by atoms with Crippen molar-refractivity contribution in [2.24, 2.45) is 11.1 Å². The van der Waals surface area contributed by atoms with E-state index in [1.165, 1.54) is 5.01 Å². The van der Waals surface area contributed by atoms with Gasteiger partial charge in [0.2, 0.25) is 6.79 Å². The summed E-state index contributed by atoms with van der Waals surface area (Å²) >= 11 is 0. The average Bonchev–Trinajstić information content (AvgIpc) is 3.09. The Kier molecular flexibility index (Phi) is 11.7. The molecular weight excluding hydrogens is 544 g/mol. The summed E-state index contributed by atoms with van der Waals surface area (Å²) in [7, 11) is 0. The van der Waals surface area contributed by atoms with Crippen LogP contribution < -0.4 is 16.4 Å². The fourth-order valence-electron chi connectivity index (χ4n) is 4.97. The lowest BCUT2D eigenvalue weighted by Crippen LogP contribution is -2.62. The predicted octanol–water partition coefficient (Wildman–Crippen LogP) is 1.91. The van der Waals surface area contributed by atoms with Crippen LogP contribution in [0.4, 0.5) is 5.69 Å². The topological polar surface area (TPSA) is 176 Å². The summed E-state index contributed by atoms with van der Waals surface area (Å²) in [6.45, 7) is 7.72. The lowest BCUT2D eigenvalue weighted by atomic mass is 9.98. The molecule has 5 N–H and O–H groups in total. The van der Waals surface area contributed by atoms with Crippen molar-refractivity contribution in [2.75, 3.05) is 31.8 Å². The molecule has 3 atom stereocenters. The van der Waals surface area contributed by atoms with E-state index in [9.17, 15) is 19.2 Å². The largest absolute Gasteiger partial charge is 0.465 e. The van der Waals surface area contributed by atoms with E-state index in [0.717, 1.165) is 5.56 Å². The number of nitrogens with one attached hydrogen (secondary N) is 3. The summed E-state index contributed by atoms with van der Waals surface area (Å²) in [5.74, 6) is -2.05. The van der Waals surface area contributed by atoms with Crippen LogP contribution >= 0.6 is 0 Å². The van der Waals surface area contributed by atoms with Crippen molar-refractivity contribution in [1.29, 1.82) is 5.41 Å². The van der Waals surface area contributed by atoms with Crippen LogP contribution in [0.15, 0.2) is 24.3 Å². The summed E-state index contributed by atoms with van der Waals surface area (Å²) < 4.78 is 15.7. The maximum Gasteiger partial charge on any atom is 0.333 e. The van der Waals surface area contributed by atoms with Crippen LogP contribution in [0.1, 0.15) is 65.4 Å². The highest BCUT2D eigenvalue weighted by Crippen LogP contribution is 2.25. The Bertz CT molecular complexity index is 1120. The van der Waals surface area contributed by atoms with Gasteiger partial charge in [0, 0.05) is 18.8 Å². The molecule has 1 aromatic rings. The van der Waals surface area contributed by atoms with Gasteiger partial charge in [0.25, 0.3) is 5.91 Å². The van der Waals surface area contributed by atoms with Crippen molar-refractivity contribution in [2.45, 2.75) is 84.3 Å². The number of hydrogen-bond acceptors (Lipinski definition) is 10. The molecule has 0 radical (unpaired) electrons. The number of nitrogens with zero attached hydrogens (tertiary/aromatic N) is 2. The van der Waals surface area contributed by atoms with E-state index >= 15 is 0 Å². The molecule has 2 aliphatic heterocycles. The van der Waals surface area contributed by atoms with Gasteiger partial charge in [0.1, 0.15) is 12.1 Å². The fraction of sp³-hybridized carbons (Fsp3) is 0.621. The normalized spacial score (nSPS) is 20.1. The van der Waals surface area contributed by atoms with Gasteiger partial charge in [0.15, 0.2) is 5.96 Å². The summed E-state index contributed by atoms with van der Waals surface area (Å²) in [5.41, 5.74) is 6.29. The molecule has 1 aromatic carbocycles. The van der Waals surface area contributed by atoms with Crippen LogP contribution in [-0.4, -0.2) is 84.4 Å². The van der Waals surface area contributed by atoms with Gasteiger partial charge in [0.05, 0.1) is 18.1 Å². The van der Waals surface area contributed by atoms with E-state index in [2.05, 4.69) is 10.6 Å². The number of hydrazine groups is 1. The molecule has 2 fully saturated rings. The SMILES string of the molecule is CCOC(=O)[C@H](CCc1ccc(NC(=N)N)cc1)N[C@H]1CCCN2CCC[C@@H](C(=O)OCOC(=O)C(C)(C)C)N2C1=O. The van der Waals surface area contributed by atoms with Gasteiger partial charge in [-0.25, -0.2) is 9.80 Å². The minimum absolute atomic E-state index is 0.158. The van der Waals surface area contributed by atoms with Crippen LogP contribution in [-0.2, 0) is 39.8 Å². The third kappa shape index (κ3) is 9.15. The van der Waals surface area contributed by atoms with Gasteiger partial charge in [-0.2, -0.15) is 0 Å². The number of benzene rings is 1. The maximum atomic E-state index is 13.9. The molecule has 2 saturated heterocycles. The highest BCUT2D eigenvalue weighted by molar-refractivity contribution is 5.90. The summed E-state index contributed by atoms with van der Waals surface area (Å²) in [6, 6.07) is 5.05. The second-order valence-corrected chi connectivity index (χ2v) is 11.5. The first kappa shape index (κ1) is 32.8. The number of rotatable bonds is 11. The Balaban J connectivity index is 1.69. The van der Waals surface area contributed by atoms with E-state index in [0.29, 0.717) is 57.3 Å². The first-order valence-electron chi connectivity index (χ1n) is 14.4. The fourth-order valence-corrected chi connectivity index (χ4v) is 4.97. The molecule has 0 bridgehead atoms. The van der Waals surface area contributed by atoms with Gasteiger partial charge >= 0.3 is 17.9 Å². The molecule has 2 aliphatic rings. The molecule has 0 unspecified atom stereocenters. The van der Waals surface area contributed by atoms with Crippen LogP contribution in [0.2, 0.25) is 0 Å². The second-order valence-electron chi connectivity index (χ2n) is 11.5. The third-order valence-corrected chi connectivity index (χ3v) is 7.13. The number of carbonyl (C=O) groups excluding carboxylic acids is 4. The number of amides is 1. The minimum atomic E-state index is -0.856. The van der Waals surface area contributed by atoms with Crippen LogP contribution in [0.3, 0.4) is 0 Å². The molecule has 3 rings (SSSR count). The van der Waals surface area contributed by atoms with Crippen LogP contribution in [0, 0.1) is 10.8 Å². The number of esters is 3. The number of nitrogens with two attached hydrogens (primary N) is 1. The standard InChI is InChI=1S/C29H44N6O7/c1-5-40-25(37)22(15-12-19-10-13-20(14-11-19)32-28(30)31)33-21-8-6-16-34-17-7-9-23(35(34)24(21)36)26(38)41-18-42-27(39)29(2,3)4/h10-11,13-14,21-23,33H,5-9,12,15-18H2,1-4H3,(H4,30,31,32)/t21-,22-,23-/m0/s1. The first-order valence-corrected chi connectivity index (χ1v) is 14.4. The van der Waals surface area contributed by atoms with Gasteiger partial charge in [-0.15, -0.1) is 0 Å². The number of anilines is 1.